The minimum absolute atomic E-state index is 0.0447. The van der Waals surface area contributed by atoms with E-state index < -0.39 is 31.4 Å². The molecule has 0 N–H and O–H groups in total. The molecule has 0 radical (unpaired) electrons. The van der Waals surface area contributed by atoms with E-state index in [-0.39, 0.29) is 23.1 Å². The molecule has 6 nitrogen and oxygen atoms in total. The summed E-state index contributed by atoms with van der Waals surface area (Å²) in [6, 6.07) is 13.6. The molecule has 0 aliphatic carbocycles. The van der Waals surface area contributed by atoms with E-state index >= 15 is 0 Å². The number of benzene rings is 2. The van der Waals surface area contributed by atoms with E-state index in [1.807, 2.05) is 6.92 Å². The average Bonchev–Trinajstić information content (AvgIpc) is 3.04. The zero-order chi connectivity index (χ0) is 23.5. The quantitative estimate of drug-likeness (QED) is 0.434. The smallest absolute Gasteiger partial charge is 0.234 e. The highest BCUT2D eigenvalue weighted by atomic mass is 32.2. The first-order valence-corrected chi connectivity index (χ1v) is 13.7. The number of hydrogen-bond acceptors (Lipinski definition) is 5. The van der Waals surface area contributed by atoms with Gasteiger partial charge in [0, 0.05) is 17.7 Å². The molecule has 1 aromatic heterocycles. The Morgan fingerprint density at radius 1 is 0.969 bits per heavy atom. The van der Waals surface area contributed by atoms with Crippen molar-refractivity contribution in [2.24, 2.45) is 0 Å². The van der Waals surface area contributed by atoms with E-state index in [1.165, 1.54) is 36.4 Å². The van der Waals surface area contributed by atoms with E-state index in [4.69, 9.17) is 4.42 Å². The van der Waals surface area contributed by atoms with Crippen molar-refractivity contribution in [3.05, 3.63) is 71.7 Å². The molecule has 0 amide bonds. The maximum Gasteiger partial charge on any atom is 0.234 e. The van der Waals surface area contributed by atoms with Gasteiger partial charge in [-0.25, -0.2) is 25.5 Å². The Kier molecular flexibility index (Phi) is 7.09. The number of rotatable bonds is 9. The van der Waals surface area contributed by atoms with Gasteiger partial charge in [-0.1, -0.05) is 43.7 Å². The van der Waals surface area contributed by atoms with Crippen LogP contribution in [0.1, 0.15) is 31.1 Å². The van der Waals surface area contributed by atoms with Crippen LogP contribution in [-0.2, 0) is 25.6 Å². The van der Waals surface area contributed by atoms with Crippen LogP contribution in [-0.4, -0.2) is 29.6 Å². The van der Waals surface area contributed by atoms with Gasteiger partial charge in [-0.2, -0.15) is 0 Å². The van der Waals surface area contributed by atoms with Gasteiger partial charge < -0.3 is 4.42 Å². The maximum atomic E-state index is 13.5. The molecule has 32 heavy (non-hydrogen) atoms. The fourth-order valence-corrected chi connectivity index (χ4v) is 5.67. The lowest BCUT2D eigenvalue weighted by Crippen LogP contribution is -2.31. The summed E-state index contributed by atoms with van der Waals surface area (Å²) in [6.45, 7) is 3.80. The molecular formula is C23H26FNO5S2. The van der Waals surface area contributed by atoms with Gasteiger partial charge in [0.05, 0.1) is 11.2 Å². The molecule has 0 bridgehead atoms. The Morgan fingerprint density at radius 2 is 1.59 bits per heavy atom. The molecular weight excluding hydrogens is 453 g/mol. The topological polar surface area (TPSA) is 84.7 Å². The molecule has 3 rings (SSSR count). The number of unbranched alkanes of at least 4 members (excludes halogenated alkanes) is 1. The highest BCUT2D eigenvalue weighted by molar-refractivity contribution is 7.92. The van der Waals surface area contributed by atoms with Gasteiger partial charge in [-0.3, -0.25) is 0 Å². The summed E-state index contributed by atoms with van der Waals surface area (Å²) >= 11 is 0. The Hall–Kier alpha value is -2.65. The standard InChI is InChI=1S/C23H26FNO5S2/c1-4-5-15-25(31(3,26)27)23-22(18-11-13-19(24)14-12-18)17(2)21(30-23)16-32(28,29)20-9-7-6-8-10-20/h6-14H,4-5,15-16H2,1-3H3. The van der Waals surface area contributed by atoms with Gasteiger partial charge in [0.25, 0.3) is 0 Å². The summed E-state index contributed by atoms with van der Waals surface area (Å²) in [4.78, 5) is 0.145. The number of sulfone groups is 1. The van der Waals surface area contributed by atoms with Gasteiger partial charge in [0.1, 0.15) is 17.3 Å². The first kappa shape index (κ1) is 24.0. The second-order valence-corrected chi connectivity index (χ2v) is 11.5. The molecule has 0 spiro atoms. The van der Waals surface area contributed by atoms with Crippen LogP contribution in [0.4, 0.5) is 10.3 Å². The van der Waals surface area contributed by atoms with Crippen molar-refractivity contribution in [1.29, 1.82) is 0 Å². The molecule has 0 atom stereocenters. The van der Waals surface area contributed by atoms with Crippen molar-refractivity contribution in [2.45, 2.75) is 37.3 Å². The molecule has 0 saturated carbocycles. The molecule has 3 aromatic rings. The third-order valence-electron chi connectivity index (χ3n) is 5.12. The number of furan rings is 1. The number of nitrogens with zero attached hydrogens (tertiary/aromatic N) is 1. The van der Waals surface area contributed by atoms with E-state index in [0.29, 0.717) is 23.1 Å². The van der Waals surface area contributed by atoms with Crippen LogP contribution in [0, 0.1) is 12.7 Å². The van der Waals surface area contributed by atoms with Crippen LogP contribution < -0.4 is 4.31 Å². The SMILES string of the molecule is CCCCN(c1oc(CS(=O)(=O)c2ccccc2)c(C)c1-c1ccc(F)cc1)S(C)(=O)=O. The molecule has 0 unspecified atom stereocenters. The number of halogens is 1. The number of hydrogen-bond donors (Lipinski definition) is 0. The predicted molar refractivity (Wildman–Crippen MR) is 123 cm³/mol. The molecule has 0 aliphatic heterocycles. The summed E-state index contributed by atoms with van der Waals surface area (Å²) in [5.74, 6) is -0.673. The zero-order valence-corrected chi connectivity index (χ0v) is 19.8. The van der Waals surface area contributed by atoms with Crippen LogP contribution in [0.2, 0.25) is 0 Å². The van der Waals surface area contributed by atoms with Gasteiger partial charge in [0.15, 0.2) is 9.84 Å². The zero-order valence-electron chi connectivity index (χ0n) is 18.2. The van der Waals surface area contributed by atoms with Crippen molar-refractivity contribution in [3.8, 4) is 11.1 Å². The molecule has 0 saturated heterocycles. The maximum absolute atomic E-state index is 13.5. The van der Waals surface area contributed by atoms with Gasteiger partial charge in [0.2, 0.25) is 15.9 Å². The average molecular weight is 480 g/mol. The monoisotopic (exact) mass is 479 g/mol. The Morgan fingerprint density at radius 3 is 2.16 bits per heavy atom. The fraction of sp³-hybridized carbons (Fsp3) is 0.304. The Labute approximate surface area is 188 Å². The van der Waals surface area contributed by atoms with E-state index in [1.54, 1.807) is 25.1 Å². The second-order valence-electron chi connectivity index (χ2n) is 7.60. The van der Waals surface area contributed by atoms with Crippen LogP contribution in [0.3, 0.4) is 0 Å². The van der Waals surface area contributed by atoms with Gasteiger partial charge >= 0.3 is 0 Å². The minimum Gasteiger partial charge on any atom is -0.442 e. The lowest BCUT2D eigenvalue weighted by atomic mass is 10.0. The number of anilines is 1. The van der Waals surface area contributed by atoms with Crippen LogP contribution in [0.5, 0.6) is 0 Å². The summed E-state index contributed by atoms with van der Waals surface area (Å²) in [5.41, 5.74) is 1.47. The normalized spacial score (nSPS) is 12.1. The third-order valence-corrected chi connectivity index (χ3v) is 7.91. The van der Waals surface area contributed by atoms with Crippen LogP contribution >= 0.6 is 0 Å². The summed E-state index contributed by atoms with van der Waals surface area (Å²) in [5, 5.41) is 0. The first-order valence-electron chi connectivity index (χ1n) is 10.2. The highest BCUT2D eigenvalue weighted by Crippen LogP contribution is 2.40. The van der Waals surface area contributed by atoms with Crippen molar-refractivity contribution in [1.82, 2.24) is 0 Å². The lowest BCUT2D eigenvalue weighted by molar-refractivity contribution is 0.514. The van der Waals surface area contributed by atoms with Crippen LogP contribution in [0.25, 0.3) is 11.1 Å². The van der Waals surface area contributed by atoms with Crippen molar-refractivity contribution in [2.75, 3.05) is 17.1 Å². The van der Waals surface area contributed by atoms with Crippen molar-refractivity contribution in [3.63, 3.8) is 0 Å². The van der Waals surface area contributed by atoms with Crippen molar-refractivity contribution < 1.29 is 25.6 Å². The molecule has 0 aliphatic rings. The molecule has 1 heterocycles. The Balaban J connectivity index is 2.18. The van der Waals surface area contributed by atoms with E-state index in [2.05, 4.69) is 0 Å². The van der Waals surface area contributed by atoms with E-state index in [9.17, 15) is 21.2 Å². The summed E-state index contributed by atoms with van der Waals surface area (Å²) < 4.78 is 71.7. The number of sulfonamides is 1. The largest absolute Gasteiger partial charge is 0.442 e. The highest BCUT2D eigenvalue weighted by Gasteiger charge is 2.30. The third kappa shape index (κ3) is 5.21. The molecule has 0 fully saturated rings. The second kappa shape index (κ2) is 9.46. The molecule has 172 valence electrons. The van der Waals surface area contributed by atoms with Gasteiger partial charge in [-0.05, 0) is 43.2 Å². The lowest BCUT2D eigenvalue weighted by Gasteiger charge is -2.21. The van der Waals surface area contributed by atoms with Gasteiger partial charge in [-0.15, -0.1) is 0 Å². The minimum atomic E-state index is -3.73. The summed E-state index contributed by atoms with van der Waals surface area (Å²) in [6.07, 6.45) is 2.43. The molecule has 2 aromatic carbocycles. The van der Waals surface area contributed by atoms with E-state index in [0.717, 1.165) is 17.0 Å². The molecule has 9 heteroatoms. The van der Waals surface area contributed by atoms with Crippen molar-refractivity contribution >= 4 is 25.7 Å². The summed E-state index contributed by atoms with van der Waals surface area (Å²) in [7, 11) is -7.44. The fourth-order valence-electron chi connectivity index (χ4n) is 3.42. The predicted octanol–water partition coefficient (Wildman–Crippen LogP) is 4.93. The Bertz CT molecular complexity index is 1280. The first-order chi connectivity index (χ1) is 15.0. The van der Waals surface area contributed by atoms with Crippen LogP contribution in [0.15, 0.2) is 63.9 Å².